The van der Waals surface area contributed by atoms with Gasteiger partial charge in [-0.25, -0.2) is 0 Å². The van der Waals surface area contributed by atoms with E-state index >= 15 is 0 Å². The van der Waals surface area contributed by atoms with Crippen LogP contribution < -0.4 is 0 Å². The molecule has 2 heterocycles. The predicted molar refractivity (Wildman–Crippen MR) is 249 cm³/mol. The van der Waals surface area contributed by atoms with Gasteiger partial charge in [0.15, 0.2) is 0 Å². The first-order valence-corrected chi connectivity index (χ1v) is 20.6. The van der Waals surface area contributed by atoms with Gasteiger partial charge in [0, 0.05) is 38.2 Å². The van der Waals surface area contributed by atoms with Crippen LogP contribution in [0.4, 0.5) is 0 Å². The fraction of sp³-hybridized carbons (Fsp3) is 0.0526. The molecule has 59 heavy (non-hydrogen) atoms. The lowest BCUT2D eigenvalue weighted by Crippen LogP contribution is -2.15. The maximum absolute atomic E-state index is 2.55. The quantitative estimate of drug-likeness (QED) is 0.166. The third kappa shape index (κ3) is 5.06. The number of rotatable bonds is 5. The molecule has 1 aliphatic carbocycles. The minimum atomic E-state index is -0.130. The van der Waals surface area contributed by atoms with Gasteiger partial charge < -0.3 is 9.13 Å². The standard InChI is InChI=1S/C57H40N2/c1-57(2)50-24-14-12-22-44(50)46-35-49-48-32-39(37-16-6-3-7-17-37)27-31-54(48)59(56(49)36-51(46)57)55-34-41(26-29-43(55)38-18-8-4-9-19-38)40-28-30-53-47(33-40)45-23-13-15-25-52(45)58(53)42-20-10-5-11-21-42/h3-36H,1-2H3. The van der Waals surface area contributed by atoms with Crippen molar-refractivity contribution in [2.75, 3.05) is 0 Å². The van der Waals surface area contributed by atoms with Crippen molar-refractivity contribution < 1.29 is 0 Å². The van der Waals surface area contributed by atoms with Crippen LogP contribution in [-0.2, 0) is 5.41 Å². The lowest BCUT2D eigenvalue weighted by molar-refractivity contribution is 0.661. The minimum Gasteiger partial charge on any atom is -0.309 e. The zero-order chi connectivity index (χ0) is 39.2. The average molecular weight is 753 g/mol. The SMILES string of the molecule is CC1(C)c2ccccc2-c2cc3c4cc(-c5ccccc5)ccc4n(-c4cc(-c5ccc6c(c5)c5ccccc5n6-c5ccccc5)ccc4-c4ccccc4)c3cc21. The van der Waals surface area contributed by atoms with E-state index in [0.717, 1.165) is 0 Å². The number of hydrogen-bond donors (Lipinski definition) is 0. The molecule has 0 saturated carbocycles. The van der Waals surface area contributed by atoms with Crippen molar-refractivity contribution in [3.8, 4) is 55.9 Å². The Morgan fingerprint density at radius 2 is 0.847 bits per heavy atom. The number of hydrogen-bond acceptors (Lipinski definition) is 0. The molecule has 0 bridgehead atoms. The monoisotopic (exact) mass is 752 g/mol. The van der Waals surface area contributed by atoms with Crippen molar-refractivity contribution in [1.29, 1.82) is 0 Å². The Kier molecular flexibility index (Phi) is 7.31. The smallest absolute Gasteiger partial charge is 0.0546 e. The van der Waals surface area contributed by atoms with Crippen LogP contribution in [0.15, 0.2) is 206 Å². The first kappa shape index (κ1) is 33.7. The lowest BCUT2D eigenvalue weighted by atomic mass is 9.82. The van der Waals surface area contributed by atoms with Gasteiger partial charge >= 0.3 is 0 Å². The Hall–Kier alpha value is -7.42. The topological polar surface area (TPSA) is 9.86 Å². The molecule has 0 saturated heterocycles. The molecule has 9 aromatic carbocycles. The first-order valence-electron chi connectivity index (χ1n) is 20.6. The second-order valence-corrected chi connectivity index (χ2v) is 16.5. The molecule has 2 nitrogen and oxygen atoms in total. The van der Waals surface area contributed by atoms with E-state index in [1.165, 1.54) is 111 Å². The van der Waals surface area contributed by atoms with Crippen molar-refractivity contribution in [3.63, 3.8) is 0 Å². The second kappa shape index (κ2) is 12.8. The number of benzene rings is 9. The van der Waals surface area contributed by atoms with Gasteiger partial charge in [-0.3, -0.25) is 0 Å². The maximum Gasteiger partial charge on any atom is 0.0546 e. The Morgan fingerprint density at radius 1 is 0.305 bits per heavy atom. The first-order chi connectivity index (χ1) is 29.0. The summed E-state index contributed by atoms with van der Waals surface area (Å²) in [5, 5.41) is 5.02. The van der Waals surface area contributed by atoms with Crippen LogP contribution in [0.25, 0.3) is 99.5 Å². The molecule has 0 amide bonds. The van der Waals surface area contributed by atoms with Crippen LogP contribution in [0, 0.1) is 0 Å². The van der Waals surface area contributed by atoms with Gasteiger partial charge in [0.05, 0.1) is 27.8 Å². The van der Waals surface area contributed by atoms with Crippen molar-refractivity contribution in [1.82, 2.24) is 9.13 Å². The molecule has 12 rings (SSSR count). The molecule has 0 aliphatic heterocycles. The molecule has 0 atom stereocenters. The molecule has 0 unspecified atom stereocenters. The van der Waals surface area contributed by atoms with E-state index in [-0.39, 0.29) is 5.41 Å². The maximum atomic E-state index is 2.55. The summed E-state index contributed by atoms with van der Waals surface area (Å²) in [6.07, 6.45) is 0. The Labute approximate surface area is 343 Å². The van der Waals surface area contributed by atoms with Crippen molar-refractivity contribution in [2.24, 2.45) is 0 Å². The van der Waals surface area contributed by atoms with Gasteiger partial charge in [0.2, 0.25) is 0 Å². The van der Waals surface area contributed by atoms with E-state index in [1.54, 1.807) is 0 Å². The van der Waals surface area contributed by atoms with Gasteiger partial charge in [-0.2, -0.15) is 0 Å². The highest BCUT2D eigenvalue weighted by Crippen LogP contribution is 2.51. The largest absolute Gasteiger partial charge is 0.309 e. The zero-order valence-electron chi connectivity index (χ0n) is 33.0. The molecule has 11 aromatic rings. The van der Waals surface area contributed by atoms with Gasteiger partial charge in [-0.05, 0) is 111 Å². The molecule has 0 fully saturated rings. The summed E-state index contributed by atoms with van der Waals surface area (Å²) in [5.41, 5.74) is 19.7. The van der Waals surface area contributed by atoms with E-state index < -0.39 is 0 Å². The van der Waals surface area contributed by atoms with Crippen LogP contribution in [0.5, 0.6) is 0 Å². The molecular formula is C57H40N2. The zero-order valence-corrected chi connectivity index (χ0v) is 33.0. The second-order valence-electron chi connectivity index (χ2n) is 16.5. The number of fused-ring (bicyclic) bond motifs is 9. The Morgan fingerprint density at radius 3 is 1.61 bits per heavy atom. The summed E-state index contributed by atoms with van der Waals surface area (Å²) in [6.45, 7) is 4.76. The normalized spacial score (nSPS) is 13.1. The third-order valence-electron chi connectivity index (χ3n) is 12.9. The van der Waals surface area contributed by atoms with Crippen molar-refractivity contribution in [3.05, 3.63) is 217 Å². The van der Waals surface area contributed by atoms with Gasteiger partial charge in [0.1, 0.15) is 0 Å². The molecule has 1 aliphatic rings. The minimum absolute atomic E-state index is 0.130. The van der Waals surface area contributed by atoms with Gasteiger partial charge in [0.25, 0.3) is 0 Å². The van der Waals surface area contributed by atoms with E-state index in [0.29, 0.717) is 0 Å². The highest BCUT2D eigenvalue weighted by atomic mass is 15.0. The average Bonchev–Trinajstić information content (AvgIpc) is 3.88. The summed E-state index contributed by atoms with van der Waals surface area (Å²) < 4.78 is 4.93. The van der Waals surface area contributed by atoms with Crippen LogP contribution in [0.1, 0.15) is 25.0 Å². The Balaban J connectivity index is 1.14. The fourth-order valence-electron chi connectivity index (χ4n) is 10.0. The molecule has 278 valence electrons. The summed E-state index contributed by atoms with van der Waals surface area (Å²) in [5.74, 6) is 0. The predicted octanol–water partition coefficient (Wildman–Crippen LogP) is 15.2. The summed E-state index contributed by atoms with van der Waals surface area (Å²) in [6, 6.07) is 76.2. The van der Waals surface area contributed by atoms with Crippen molar-refractivity contribution in [2.45, 2.75) is 19.3 Å². The lowest BCUT2D eigenvalue weighted by Gasteiger charge is -2.22. The number of para-hydroxylation sites is 2. The molecule has 0 radical (unpaired) electrons. The molecule has 2 heteroatoms. The van der Waals surface area contributed by atoms with Crippen LogP contribution in [0.2, 0.25) is 0 Å². The summed E-state index contributed by atoms with van der Waals surface area (Å²) >= 11 is 0. The third-order valence-corrected chi connectivity index (χ3v) is 12.9. The molecule has 0 N–H and O–H groups in total. The van der Waals surface area contributed by atoms with Crippen LogP contribution >= 0.6 is 0 Å². The number of nitrogens with zero attached hydrogens (tertiary/aromatic N) is 2. The Bertz CT molecular complexity index is 3440. The summed E-state index contributed by atoms with van der Waals surface area (Å²) in [4.78, 5) is 0. The van der Waals surface area contributed by atoms with Crippen molar-refractivity contribution >= 4 is 43.6 Å². The van der Waals surface area contributed by atoms with Gasteiger partial charge in [-0.15, -0.1) is 0 Å². The van der Waals surface area contributed by atoms with Gasteiger partial charge in [-0.1, -0.05) is 159 Å². The van der Waals surface area contributed by atoms with E-state index in [1.807, 2.05) is 0 Å². The van der Waals surface area contributed by atoms with E-state index in [4.69, 9.17) is 0 Å². The fourth-order valence-corrected chi connectivity index (χ4v) is 10.0. The molecular weight excluding hydrogens is 713 g/mol. The van der Waals surface area contributed by atoms with E-state index in [2.05, 4.69) is 229 Å². The highest BCUT2D eigenvalue weighted by molar-refractivity contribution is 6.14. The van der Waals surface area contributed by atoms with E-state index in [9.17, 15) is 0 Å². The number of aromatic nitrogens is 2. The molecule has 2 aromatic heterocycles. The molecule has 0 spiro atoms. The summed E-state index contributed by atoms with van der Waals surface area (Å²) in [7, 11) is 0. The highest BCUT2D eigenvalue weighted by Gasteiger charge is 2.36. The van der Waals surface area contributed by atoms with Crippen LogP contribution in [-0.4, -0.2) is 9.13 Å². The van der Waals surface area contributed by atoms with Crippen LogP contribution in [0.3, 0.4) is 0 Å².